The summed E-state index contributed by atoms with van der Waals surface area (Å²) >= 11 is 3.50. The average Bonchev–Trinajstić information content (AvgIpc) is 2.14. The van der Waals surface area contributed by atoms with E-state index in [9.17, 15) is 0 Å². The van der Waals surface area contributed by atoms with Crippen molar-refractivity contribution in [3.63, 3.8) is 0 Å². The Hall–Kier alpha value is -0.540. The predicted molar refractivity (Wildman–Crippen MR) is 63.1 cm³/mol. The summed E-state index contributed by atoms with van der Waals surface area (Å²) < 4.78 is 6.39. The third kappa shape index (κ3) is 2.72. The lowest BCUT2D eigenvalue weighted by Crippen LogP contribution is -2.11. The van der Waals surface area contributed by atoms with Crippen LogP contribution >= 0.6 is 15.9 Å². The molecule has 0 aliphatic heterocycles. The number of benzene rings is 1. The number of halogens is 1. The second-order valence-corrected chi connectivity index (χ2v) is 4.15. The molecule has 0 unspecified atom stereocenters. The quantitative estimate of drug-likeness (QED) is 0.896. The zero-order valence-electron chi connectivity index (χ0n) is 8.86. The van der Waals surface area contributed by atoms with E-state index in [-0.39, 0.29) is 0 Å². The molecule has 78 valence electrons. The van der Waals surface area contributed by atoms with Gasteiger partial charge in [0.1, 0.15) is 5.75 Å². The molecule has 0 aromatic heterocycles. The summed E-state index contributed by atoms with van der Waals surface area (Å²) in [5.74, 6) is 0.950. The number of aryl methyl sites for hydroxylation is 1. The van der Waals surface area contributed by atoms with Crippen LogP contribution in [0.1, 0.15) is 11.1 Å². The molecule has 3 heteroatoms. The van der Waals surface area contributed by atoms with Crippen molar-refractivity contribution in [2.75, 3.05) is 20.7 Å². The maximum Gasteiger partial charge on any atom is 0.136 e. The molecule has 0 radical (unpaired) electrons. The van der Waals surface area contributed by atoms with Gasteiger partial charge in [0.05, 0.1) is 11.6 Å². The van der Waals surface area contributed by atoms with Gasteiger partial charge in [0, 0.05) is 0 Å². The van der Waals surface area contributed by atoms with Crippen molar-refractivity contribution in [3.8, 4) is 5.75 Å². The normalized spacial score (nSPS) is 10.3. The van der Waals surface area contributed by atoms with Crippen molar-refractivity contribution >= 4 is 15.9 Å². The molecular formula is C11H16BrNO. The first-order valence-corrected chi connectivity index (χ1v) is 5.46. The minimum Gasteiger partial charge on any atom is -0.495 e. The van der Waals surface area contributed by atoms with E-state index in [1.807, 2.05) is 7.05 Å². The highest BCUT2D eigenvalue weighted by Crippen LogP contribution is 2.30. The van der Waals surface area contributed by atoms with Crippen LogP contribution in [0.2, 0.25) is 0 Å². The van der Waals surface area contributed by atoms with E-state index in [0.717, 1.165) is 23.2 Å². The molecular weight excluding hydrogens is 242 g/mol. The molecule has 1 aromatic carbocycles. The fraction of sp³-hybridized carbons (Fsp3) is 0.455. The summed E-state index contributed by atoms with van der Waals surface area (Å²) in [6, 6.07) is 4.24. The molecule has 0 heterocycles. The van der Waals surface area contributed by atoms with Crippen molar-refractivity contribution in [3.05, 3.63) is 27.7 Å². The van der Waals surface area contributed by atoms with Crippen LogP contribution in [0.3, 0.4) is 0 Å². The molecule has 1 N–H and O–H groups in total. The summed E-state index contributed by atoms with van der Waals surface area (Å²) in [6.45, 7) is 3.05. The number of nitrogens with one attached hydrogen (secondary N) is 1. The Morgan fingerprint density at radius 3 is 2.71 bits per heavy atom. The zero-order valence-corrected chi connectivity index (χ0v) is 10.4. The second-order valence-electron chi connectivity index (χ2n) is 3.29. The molecule has 14 heavy (non-hydrogen) atoms. The highest BCUT2D eigenvalue weighted by molar-refractivity contribution is 9.10. The van der Waals surface area contributed by atoms with Crippen molar-refractivity contribution in [2.24, 2.45) is 0 Å². The monoisotopic (exact) mass is 257 g/mol. The summed E-state index contributed by atoms with van der Waals surface area (Å²) in [5, 5.41) is 3.14. The van der Waals surface area contributed by atoms with Crippen LogP contribution < -0.4 is 10.1 Å². The first-order chi connectivity index (χ1) is 6.69. The molecule has 0 aliphatic carbocycles. The third-order valence-corrected chi connectivity index (χ3v) is 2.70. The van der Waals surface area contributed by atoms with Gasteiger partial charge in [-0.15, -0.1) is 0 Å². The first kappa shape index (κ1) is 11.5. The number of hydrogen-bond donors (Lipinski definition) is 1. The van der Waals surface area contributed by atoms with E-state index in [4.69, 9.17) is 4.74 Å². The van der Waals surface area contributed by atoms with Gasteiger partial charge in [0.25, 0.3) is 0 Å². The van der Waals surface area contributed by atoms with Gasteiger partial charge in [-0.3, -0.25) is 0 Å². The van der Waals surface area contributed by atoms with Crippen LogP contribution in [-0.2, 0) is 6.42 Å². The zero-order chi connectivity index (χ0) is 10.6. The molecule has 0 atom stereocenters. The molecule has 0 spiro atoms. The Kier molecular flexibility index (Phi) is 4.42. The Balaban J connectivity index is 2.99. The maximum atomic E-state index is 5.35. The minimum atomic E-state index is 0.950. The first-order valence-electron chi connectivity index (χ1n) is 4.66. The highest BCUT2D eigenvalue weighted by Gasteiger charge is 2.07. The van der Waals surface area contributed by atoms with Gasteiger partial charge in [0.15, 0.2) is 0 Å². The molecule has 0 saturated heterocycles. The molecule has 0 bridgehead atoms. The van der Waals surface area contributed by atoms with Crippen LogP contribution in [-0.4, -0.2) is 20.7 Å². The predicted octanol–water partition coefficient (Wildman–Crippen LogP) is 2.53. The van der Waals surface area contributed by atoms with E-state index in [0.29, 0.717) is 0 Å². The van der Waals surface area contributed by atoms with E-state index < -0.39 is 0 Å². The van der Waals surface area contributed by atoms with Gasteiger partial charge in [0.2, 0.25) is 0 Å². The number of ether oxygens (including phenoxy) is 1. The van der Waals surface area contributed by atoms with Crippen LogP contribution in [0.15, 0.2) is 16.6 Å². The lowest BCUT2D eigenvalue weighted by Gasteiger charge is -2.11. The summed E-state index contributed by atoms with van der Waals surface area (Å²) in [7, 11) is 3.66. The van der Waals surface area contributed by atoms with Crippen LogP contribution in [0.4, 0.5) is 0 Å². The topological polar surface area (TPSA) is 21.3 Å². The summed E-state index contributed by atoms with van der Waals surface area (Å²) in [4.78, 5) is 0. The summed E-state index contributed by atoms with van der Waals surface area (Å²) in [5.41, 5.74) is 2.50. The van der Waals surface area contributed by atoms with E-state index in [2.05, 4.69) is 40.3 Å². The minimum absolute atomic E-state index is 0.950. The second kappa shape index (κ2) is 5.37. The fourth-order valence-corrected chi connectivity index (χ4v) is 2.25. The maximum absolute atomic E-state index is 5.35. The van der Waals surface area contributed by atoms with Crippen LogP contribution in [0.25, 0.3) is 0 Å². The van der Waals surface area contributed by atoms with E-state index in [1.165, 1.54) is 11.1 Å². The van der Waals surface area contributed by atoms with Crippen molar-refractivity contribution in [2.45, 2.75) is 13.3 Å². The van der Waals surface area contributed by atoms with Crippen molar-refractivity contribution in [1.29, 1.82) is 0 Å². The van der Waals surface area contributed by atoms with E-state index >= 15 is 0 Å². The SMILES string of the molecule is CNCCc1cc(C)cc(Br)c1OC. The number of rotatable bonds is 4. The van der Waals surface area contributed by atoms with Gasteiger partial charge in [-0.2, -0.15) is 0 Å². The molecule has 1 aromatic rings. The average molecular weight is 258 g/mol. The van der Waals surface area contributed by atoms with Gasteiger partial charge in [-0.25, -0.2) is 0 Å². The van der Waals surface area contributed by atoms with Gasteiger partial charge in [-0.05, 0) is 60.1 Å². The molecule has 1 rings (SSSR count). The lowest BCUT2D eigenvalue weighted by atomic mass is 10.1. The summed E-state index contributed by atoms with van der Waals surface area (Å²) in [6.07, 6.45) is 0.986. The standard InChI is InChI=1S/C11H16BrNO/c1-8-6-9(4-5-13-2)11(14-3)10(12)7-8/h6-7,13H,4-5H2,1-3H3. The largest absolute Gasteiger partial charge is 0.495 e. The van der Waals surface area contributed by atoms with Crippen molar-refractivity contribution < 1.29 is 4.74 Å². The highest BCUT2D eigenvalue weighted by atomic mass is 79.9. The molecule has 2 nitrogen and oxygen atoms in total. The molecule has 0 aliphatic rings. The lowest BCUT2D eigenvalue weighted by molar-refractivity contribution is 0.406. The Labute approximate surface area is 93.8 Å². The van der Waals surface area contributed by atoms with Gasteiger partial charge >= 0.3 is 0 Å². The molecule has 0 amide bonds. The number of methoxy groups -OCH3 is 1. The van der Waals surface area contributed by atoms with Crippen molar-refractivity contribution in [1.82, 2.24) is 5.32 Å². The molecule has 0 saturated carbocycles. The Morgan fingerprint density at radius 1 is 1.43 bits per heavy atom. The van der Waals surface area contributed by atoms with E-state index in [1.54, 1.807) is 7.11 Å². The third-order valence-electron chi connectivity index (χ3n) is 2.11. The van der Waals surface area contributed by atoms with Gasteiger partial charge in [-0.1, -0.05) is 6.07 Å². The smallest absolute Gasteiger partial charge is 0.136 e. The van der Waals surface area contributed by atoms with Crippen LogP contribution in [0.5, 0.6) is 5.75 Å². The fourth-order valence-electron chi connectivity index (χ4n) is 1.47. The number of hydrogen-bond acceptors (Lipinski definition) is 2. The Bertz CT molecular complexity index is 312. The Morgan fingerprint density at radius 2 is 2.14 bits per heavy atom. The van der Waals surface area contributed by atoms with Gasteiger partial charge < -0.3 is 10.1 Å². The molecule has 0 fully saturated rings. The van der Waals surface area contributed by atoms with Crippen LogP contribution in [0, 0.1) is 6.92 Å². The number of likely N-dealkylation sites (N-methyl/N-ethyl adjacent to an activating group) is 1.